The van der Waals surface area contributed by atoms with Crippen LogP contribution in [0.15, 0.2) is 66.0 Å². The van der Waals surface area contributed by atoms with Gasteiger partial charge >= 0.3 is 5.97 Å². The minimum Gasteiger partial charge on any atom is -0.463 e. The third-order valence-electron chi connectivity index (χ3n) is 5.63. The number of carbonyl (C=O) groups excluding carboxylic acids is 4. The van der Waals surface area contributed by atoms with Crippen LogP contribution in [0.2, 0.25) is 0 Å². The lowest BCUT2D eigenvalue weighted by atomic mass is 9.95. The molecule has 3 aromatic rings. The van der Waals surface area contributed by atoms with E-state index >= 15 is 0 Å². The van der Waals surface area contributed by atoms with Gasteiger partial charge in [-0.15, -0.1) is 0 Å². The van der Waals surface area contributed by atoms with Crippen LogP contribution in [0.4, 0.5) is 4.79 Å². The van der Waals surface area contributed by atoms with E-state index in [0.717, 1.165) is 22.9 Å². The number of aryl methyl sites for hydroxylation is 1. The number of amides is 3. The summed E-state index contributed by atoms with van der Waals surface area (Å²) >= 11 is 0.861. The Balaban J connectivity index is 1.24. The standard InChI is InChI=1S/C26H25N5O6S/c27-24(34)26(28,12-18-13-29-15-30-18)14-36-22(32)10-5-16-1-6-19(7-2-16)37-20-8-3-17(4-9-20)11-21-23(33)31-25(35)38-21/h1-4,6-9,11,13,15H,5,10,12,14,28H2,(H2,27,34)(H,29,30)(H,31,33,35). The van der Waals surface area contributed by atoms with Crippen molar-refractivity contribution in [1.29, 1.82) is 0 Å². The maximum absolute atomic E-state index is 12.2. The zero-order chi connectivity index (χ0) is 27.1. The number of H-pyrrole nitrogens is 1. The number of esters is 1. The first-order chi connectivity index (χ1) is 18.2. The summed E-state index contributed by atoms with van der Waals surface area (Å²) in [6.45, 7) is -0.346. The van der Waals surface area contributed by atoms with E-state index in [0.29, 0.717) is 28.5 Å². The van der Waals surface area contributed by atoms with Crippen LogP contribution >= 0.6 is 11.8 Å². The second-order valence-corrected chi connectivity index (χ2v) is 9.60. The van der Waals surface area contributed by atoms with E-state index in [1.54, 1.807) is 48.7 Å². The van der Waals surface area contributed by atoms with Crippen molar-refractivity contribution in [2.24, 2.45) is 11.5 Å². The molecule has 38 heavy (non-hydrogen) atoms. The third-order valence-corrected chi connectivity index (χ3v) is 6.44. The van der Waals surface area contributed by atoms with E-state index in [4.69, 9.17) is 20.9 Å². The van der Waals surface area contributed by atoms with Crippen molar-refractivity contribution in [2.75, 3.05) is 6.61 Å². The van der Waals surface area contributed by atoms with E-state index < -0.39 is 23.3 Å². The minimum absolute atomic E-state index is 0.0400. The van der Waals surface area contributed by atoms with Crippen LogP contribution in [0.5, 0.6) is 11.5 Å². The van der Waals surface area contributed by atoms with Gasteiger partial charge in [-0.05, 0) is 59.7 Å². The molecule has 3 amide bonds. The highest BCUT2D eigenvalue weighted by Gasteiger charge is 2.34. The second-order valence-electron chi connectivity index (χ2n) is 8.59. The average Bonchev–Trinajstić information content (AvgIpc) is 3.51. The lowest BCUT2D eigenvalue weighted by Crippen LogP contribution is -2.57. The maximum Gasteiger partial charge on any atom is 0.306 e. The SMILES string of the molecule is NC(=O)C(N)(COC(=O)CCc1ccc(Oc2ccc(C=C3SC(=O)NC3=O)cc2)cc1)Cc1c[nH]cn1. The Morgan fingerprint density at radius 3 is 2.32 bits per heavy atom. The maximum atomic E-state index is 12.2. The molecule has 2 aromatic carbocycles. The van der Waals surface area contributed by atoms with Gasteiger partial charge in [0.15, 0.2) is 0 Å². The van der Waals surface area contributed by atoms with E-state index in [-0.39, 0.29) is 24.7 Å². The van der Waals surface area contributed by atoms with Crippen molar-refractivity contribution in [3.8, 4) is 11.5 Å². The molecule has 12 heteroatoms. The van der Waals surface area contributed by atoms with E-state index in [1.165, 1.54) is 6.33 Å². The number of thioether (sulfide) groups is 1. The van der Waals surface area contributed by atoms with Gasteiger partial charge in [0.25, 0.3) is 11.1 Å². The zero-order valence-corrected chi connectivity index (χ0v) is 21.0. The number of rotatable bonds is 11. The van der Waals surface area contributed by atoms with Gasteiger partial charge in [0.1, 0.15) is 23.6 Å². The molecule has 0 spiro atoms. The van der Waals surface area contributed by atoms with Crippen LogP contribution < -0.4 is 21.5 Å². The van der Waals surface area contributed by atoms with Crippen LogP contribution in [0.1, 0.15) is 23.2 Å². The van der Waals surface area contributed by atoms with Crippen LogP contribution in [0.25, 0.3) is 6.08 Å². The number of hydrogen-bond donors (Lipinski definition) is 4. The van der Waals surface area contributed by atoms with Gasteiger partial charge < -0.3 is 25.9 Å². The Morgan fingerprint density at radius 1 is 1.05 bits per heavy atom. The molecular formula is C26H25N5O6S. The molecule has 0 aliphatic carbocycles. The number of primary amides is 1. The first kappa shape index (κ1) is 26.6. The fourth-order valence-corrected chi connectivity index (χ4v) is 4.19. The Morgan fingerprint density at radius 2 is 1.74 bits per heavy atom. The van der Waals surface area contributed by atoms with Gasteiger partial charge in [0, 0.05) is 19.0 Å². The van der Waals surface area contributed by atoms with Crippen LogP contribution in [-0.4, -0.2) is 45.1 Å². The van der Waals surface area contributed by atoms with Crippen molar-refractivity contribution in [3.05, 3.63) is 82.8 Å². The lowest BCUT2D eigenvalue weighted by molar-refractivity contribution is -0.147. The number of carbonyl (C=O) groups is 4. The van der Waals surface area contributed by atoms with Crippen molar-refractivity contribution in [2.45, 2.75) is 24.8 Å². The number of imide groups is 1. The average molecular weight is 536 g/mol. The number of hydrogen-bond acceptors (Lipinski definition) is 9. The quantitative estimate of drug-likeness (QED) is 0.212. The van der Waals surface area contributed by atoms with Crippen molar-refractivity contribution >= 4 is 40.9 Å². The minimum atomic E-state index is -1.55. The summed E-state index contributed by atoms with van der Waals surface area (Å²) in [6.07, 6.45) is 5.24. The smallest absolute Gasteiger partial charge is 0.306 e. The summed E-state index contributed by atoms with van der Waals surface area (Å²) in [5, 5.41) is 1.83. The molecule has 1 unspecified atom stereocenters. The van der Waals surface area contributed by atoms with Gasteiger partial charge in [0.05, 0.1) is 16.9 Å². The molecule has 1 atom stereocenters. The lowest BCUT2D eigenvalue weighted by Gasteiger charge is -2.24. The topological polar surface area (TPSA) is 179 Å². The van der Waals surface area contributed by atoms with Crippen LogP contribution in [0, 0.1) is 0 Å². The number of nitrogens with zero attached hydrogens (tertiary/aromatic N) is 1. The summed E-state index contributed by atoms with van der Waals surface area (Å²) in [7, 11) is 0. The Hall–Kier alpha value is -4.42. The van der Waals surface area contributed by atoms with Crippen molar-refractivity contribution in [1.82, 2.24) is 15.3 Å². The van der Waals surface area contributed by atoms with Gasteiger partial charge in [-0.25, -0.2) is 4.98 Å². The zero-order valence-electron chi connectivity index (χ0n) is 20.1. The number of aromatic nitrogens is 2. The fraction of sp³-hybridized carbons (Fsp3) is 0.192. The number of nitrogens with two attached hydrogens (primary N) is 2. The molecule has 0 radical (unpaired) electrons. The second kappa shape index (κ2) is 11.8. The van der Waals surface area contributed by atoms with Gasteiger partial charge in [0.2, 0.25) is 5.91 Å². The van der Waals surface area contributed by atoms with E-state index in [2.05, 4.69) is 15.3 Å². The number of aromatic amines is 1. The molecule has 1 aliphatic rings. The summed E-state index contributed by atoms with van der Waals surface area (Å²) in [5.74, 6) is -0.496. The first-order valence-electron chi connectivity index (χ1n) is 11.5. The number of imidazole rings is 1. The van der Waals surface area contributed by atoms with Crippen LogP contribution in [-0.2, 0) is 32.0 Å². The Labute approximate surface area is 222 Å². The number of nitrogens with one attached hydrogen (secondary N) is 2. The number of ether oxygens (including phenoxy) is 2. The normalized spacial score (nSPS) is 15.7. The van der Waals surface area contributed by atoms with Gasteiger partial charge in [-0.2, -0.15) is 0 Å². The predicted molar refractivity (Wildman–Crippen MR) is 140 cm³/mol. The summed E-state index contributed by atoms with van der Waals surface area (Å²) in [4.78, 5) is 54.2. The van der Waals surface area contributed by atoms with E-state index in [9.17, 15) is 19.2 Å². The van der Waals surface area contributed by atoms with Gasteiger partial charge in [-0.1, -0.05) is 24.3 Å². The highest BCUT2D eigenvalue weighted by molar-refractivity contribution is 8.18. The predicted octanol–water partition coefficient (Wildman–Crippen LogP) is 2.43. The highest BCUT2D eigenvalue weighted by Crippen LogP contribution is 2.27. The Bertz CT molecular complexity index is 1360. The van der Waals surface area contributed by atoms with Crippen molar-refractivity contribution < 1.29 is 28.7 Å². The van der Waals surface area contributed by atoms with Crippen LogP contribution in [0.3, 0.4) is 0 Å². The van der Waals surface area contributed by atoms with E-state index in [1.807, 2.05) is 12.1 Å². The molecule has 2 heterocycles. The molecular weight excluding hydrogens is 510 g/mol. The highest BCUT2D eigenvalue weighted by atomic mass is 32.2. The number of benzene rings is 2. The molecule has 196 valence electrons. The third kappa shape index (κ3) is 7.08. The molecule has 6 N–H and O–H groups in total. The molecule has 11 nitrogen and oxygen atoms in total. The van der Waals surface area contributed by atoms with Gasteiger partial charge in [-0.3, -0.25) is 24.5 Å². The summed E-state index contributed by atoms with van der Waals surface area (Å²) in [5.41, 5.74) is 12.1. The molecule has 1 saturated heterocycles. The largest absolute Gasteiger partial charge is 0.463 e. The molecule has 0 bridgehead atoms. The molecule has 4 rings (SSSR count). The summed E-state index contributed by atoms with van der Waals surface area (Å²) < 4.78 is 11.1. The monoisotopic (exact) mass is 535 g/mol. The fourth-order valence-electron chi connectivity index (χ4n) is 3.51. The Kier molecular flexibility index (Phi) is 8.24. The first-order valence-corrected chi connectivity index (χ1v) is 12.4. The molecule has 1 fully saturated rings. The molecule has 0 saturated carbocycles. The summed E-state index contributed by atoms with van der Waals surface area (Å²) in [6, 6.07) is 14.3. The molecule has 1 aliphatic heterocycles. The molecule has 1 aromatic heterocycles. The van der Waals surface area contributed by atoms with Crippen molar-refractivity contribution in [3.63, 3.8) is 0 Å².